The summed E-state index contributed by atoms with van der Waals surface area (Å²) >= 11 is 0. The van der Waals surface area contributed by atoms with Crippen molar-refractivity contribution in [1.29, 1.82) is 0 Å². The zero-order chi connectivity index (χ0) is 17.6. The van der Waals surface area contributed by atoms with Crippen LogP contribution in [0.4, 0.5) is 0 Å². The Hall–Kier alpha value is -3.61. The number of methoxy groups -OCH3 is 1. The molecule has 7 heteroatoms. The summed E-state index contributed by atoms with van der Waals surface area (Å²) in [5, 5.41) is 20.0. The first-order valence-corrected chi connectivity index (χ1v) is 7.48. The molecular formula is C18H16N4O3. The predicted molar refractivity (Wildman–Crippen MR) is 93.7 cm³/mol. The van der Waals surface area contributed by atoms with E-state index in [0.29, 0.717) is 17.0 Å². The lowest BCUT2D eigenvalue weighted by molar-refractivity contribution is 0.0950. The topological polar surface area (TPSA) is 99.6 Å². The zero-order valence-corrected chi connectivity index (χ0v) is 13.4. The van der Waals surface area contributed by atoms with Crippen LogP contribution in [0.25, 0.3) is 11.3 Å². The van der Waals surface area contributed by atoms with Gasteiger partial charge in [0.1, 0.15) is 17.2 Å². The zero-order valence-electron chi connectivity index (χ0n) is 13.4. The van der Waals surface area contributed by atoms with Crippen LogP contribution in [0, 0.1) is 0 Å². The van der Waals surface area contributed by atoms with Gasteiger partial charge in [0.25, 0.3) is 5.91 Å². The number of aromatic amines is 1. The molecular weight excluding hydrogens is 320 g/mol. The number of hydrogen-bond donors (Lipinski definition) is 3. The molecule has 3 rings (SSSR count). The van der Waals surface area contributed by atoms with Gasteiger partial charge >= 0.3 is 0 Å². The van der Waals surface area contributed by atoms with Gasteiger partial charge in [-0.15, -0.1) is 0 Å². The van der Waals surface area contributed by atoms with Crippen LogP contribution in [-0.4, -0.2) is 34.5 Å². The van der Waals surface area contributed by atoms with Gasteiger partial charge in [0.05, 0.1) is 19.0 Å². The highest BCUT2D eigenvalue weighted by Gasteiger charge is 2.10. The van der Waals surface area contributed by atoms with Crippen molar-refractivity contribution in [1.82, 2.24) is 15.6 Å². The number of aromatic hydroxyl groups is 1. The van der Waals surface area contributed by atoms with Gasteiger partial charge in [-0.25, -0.2) is 5.43 Å². The minimum absolute atomic E-state index is 0.132. The summed E-state index contributed by atoms with van der Waals surface area (Å²) in [5.41, 5.74) is 4.87. The fourth-order valence-corrected chi connectivity index (χ4v) is 2.18. The summed E-state index contributed by atoms with van der Waals surface area (Å²) in [4.78, 5) is 12.1. The lowest BCUT2D eigenvalue weighted by Crippen LogP contribution is -2.17. The van der Waals surface area contributed by atoms with Gasteiger partial charge in [0.15, 0.2) is 0 Å². The van der Waals surface area contributed by atoms with Gasteiger partial charge in [-0.2, -0.15) is 10.2 Å². The maximum Gasteiger partial charge on any atom is 0.289 e. The molecule has 25 heavy (non-hydrogen) atoms. The molecule has 0 atom stereocenters. The van der Waals surface area contributed by atoms with E-state index in [-0.39, 0.29) is 5.75 Å². The van der Waals surface area contributed by atoms with E-state index in [4.69, 9.17) is 4.74 Å². The molecule has 0 aliphatic heterocycles. The van der Waals surface area contributed by atoms with Gasteiger partial charge in [-0.3, -0.25) is 9.89 Å². The van der Waals surface area contributed by atoms with Crippen molar-refractivity contribution in [2.45, 2.75) is 0 Å². The number of nitrogens with zero attached hydrogens (tertiary/aromatic N) is 2. The number of nitrogens with one attached hydrogen (secondary N) is 2. The Bertz CT molecular complexity index is 901. The molecule has 0 bridgehead atoms. The SMILES string of the molecule is COc1ccc(-c2cc(C(=O)NN=Cc3cccc(O)c3)[nH]n2)cc1. The van der Waals surface area contributed by atoms with Gasteiger partial charge in [0, 0.05) is 5.56 Å². The number of hydrogen-bond acceptors (Lipinski definition) is 5. The lowest BCUT2D eigenvalue weighted by Gasteiger charge is -2.00. The molecule has 0 saturated heterocycles. The summed E-state index contributed by atoms with van der Waals surface area (Å²) in [5.74, 6) is 0.468. The highest BCUT2D eigenvalue weighted by Crippen LogP contribution is 2.21. The number of hydrazone groups is 1. The van der Waals surface area contributed by atoms with Crippen LogP contribution in [-0.2, 0) is 0 Å². The Morgan fingerprint density at radius 2 is 2.04 bits per heavy atom. The average Bonchev–Trinajstić information content (AvgIpc) is 3.12. The summed E-state index contributed by atoms with van der Waals surface area (Å²) in [6, 6.07) is 15.5. The standard InChI is InChI=1S/C18H16N4O3/c1-25-15-7-5-13(6-8-15)16-10-17(21-20-16)18(24)22-19-11-12-3-2-4-14(23)9-12/h2-11,23H,1H3,(H,20,21)(H,22,24). The fraction of sp³-hybridized carbons (Fsp3) is 0.0556. The van der Waals surface area contributed by atoms with E-state index in [1.165, 1.54) is 12.3 Å². The average molecular weight is 336 g/mol. The molecule has 2 aromatic carbocycles. The third kappa shape index (κ3) is 4.03. The lowest BCUT2D eigenvalue weighted by atomic mass is 10.1. The summed E-state index contributed by atoms with van der Waals surface area (Å²) < 4.78 is 5.11. The van der Waals surface area contributed by atoms with Crippen molar-refractivity contribution >= 4 is 12.1 Å². The molecule has 7 nitrogen and oxygen atoms in total. The number of ether oxygens (including phenoxy) is 1. The predicted octanol–water partition coefficient (Wildman–Crippen LogP) is 2.55. The number of benzene rings is 2. The minimum Gasteiger partial charge on any atom is -0.508 e. The summed E-state index contributed by atoms with van der Waals surface area (Å²) in [6.45, 7) is 0. The maximum atomic E-state index is 12.1. The molecule has 0 unspecified atom stereocenters. The number of rotatable bonds is 5. The van der Waals surface area contributed by atoms with Gasteiger partial charge in [-0.1, -0.05) is 12.1 Å². The van der Waals surface area contributed by atoms with Crippen LogP contribution >= 0.6 is 0 Å². The van der Waals surface area contributed by atoms with Crippen molar-refractivity contribution in [3.63, 3.8) is 0 Å². The first kappa shape index (κ1) is 16.3. The molecule has 0 radical (unpaired) electrons. The number of amides is 1. The number of phenols is 1. The van der Waals surface area contributed by atoms with Crippen molar-refractivity contribution in [3.8, 4) is 22.8 Å². The first-order chi connectivity index (χ1) is 12.2. The second-order valence-corrected chi connectivity index (χ2v) is 5.19. The smallest absolute Gasteiger partial charge is 0.289 e. The highest BCUT2D eigenvalue weighted by molar-refractivity contribution is 5.94. The second kappa shape index (κ2) is 7.31. The Morgan fingerprint density at radius 3 is 2.76 bits per heavy atom. The van der Waals surface area contributed by atoms with Crippen molar-refractivity contribution in [2.75, 3.05) is 7.11 Å². The minimum atomic E-state index is -0.413. The van der Waals surface area contributed by atoms with E-state index in [9.17, 15) is 9.90 Å². The van der Waals surface area contributed by atoms with E-state index in [2.05, 4.69) is 20.7 Å². The summed E-state index contributed by atoms with van der Waals surface area (Å²) in [6.07, 6.45) is 1.44. The second-order valence-electron chi connectivity index (χ2n) is 5.19. The number of phenolic OH excluding ortho intramolecular Hbond substituents is 1. The van der Waals surface area contributed by atoms with Crippen LogP contribution in [0.1, 0.15) is 16.1 Å². The number of H-pyrrole nitrogens is 1. The van der Waals surface area contributed by atoms with Crippen LogP contribution in [0.5, 0.6) is 11.5 Å². The monoisotopic (exact) mass is 336 g/mol. The number of carbonyl (C=O) groups is 1. The maximum absolute atomic E-state index is 12.1. The third-order valence-electron chi connectivity index (χ3n) is 3.46. The normalized spacial score (nSPS) is 10.8. The molecule has 0 saturated carbocycles. The van der Waals surface area contributed by atoms with Crippen molar-refractivity contribution < 1.29 is 14.6 Å². The number of carbonyl (C=O) groups excluding carboxylic acids is 1. The Balaban J connectivity index is 1.66. The van der Waals surface area contributed by atoms with E-state index < -0.39 is 5.91 Å². The molecule has 0 fully saturated rings. The molecule has 0 aliphatic carbocycles. The van der Waals surface area contributed by atoms with Gasteiger partial charge in [0.2, 0.25) is 0 Å². The van der Waals surface area contributed by atoms with E-state index in [0.717, 1.165) is 11.3 Å². The van der Waals surface area contributed by atoms with Crippen LogP contribution < -0.4 is 10.2 Å². The van der Waals surface area contributed by atoms with Gasteiger partial charge in [-0.05, 0) is 48.0 Å². The fourth-order valence-electron chi connectivity index (χ4n) is 2.18. The van der Waals surface area contributed by atoms with Crippen LogP contribution in [0.3, 0.4) is 0 Å². The quantitative estimate of drug-likeness (QED) is 0.492. The van der Waals surface area contributed by atoms with Crippen LogP contribution in [0.15, 0.2) is 59.7 Å². The van der Waals surface area contributed by atoms with Crippen molar-refractivity contribution in [2.24, 2.45) is 5.10 Å². The number of aromatic nitrogens is 2. The molecule has 3 aromatic rings. The third-order valence-corrected chi connectivity index (χ3v) is 3.46. The Labute approximate surface area is 144 Å². The largest absolute Gasteiger partial charge is 0.508 e. The van der Waals surface area contributed by atoms with Crippen molar-refractivity contribution in [3.05, 3.63) is 65.9 Å². The molecule has 0 spiro atoms. The van der Waals surface area contributed by atoms with E-state index >= 15 is 0 Å². The summed E-state index contributed by atoms with van der Waals surface area (Å²) in [7, 11) is 1.60. The molecule has 126 valence electrons. The molecule has 1 heterocycles. The van der Waals surface area contributed by atoms with E-state index in [1.807, 2.05) is 24.3 Å². The highest BCUT2D eigenvalue weighted by atomic mass is 16.5. The Morgan fingerprint density at radius 1 is 1.24 bits per heavy atom. The molecule has 0 aliphatic rings. The first-order valence-electron chi connectivity index (χ1n) is 7.48. The molecule has 3 N–H and O–H groups in total. The van der Waals surface area contributed by atoms with Crippen LogP contribution in [0.2, 0.25) is 0 Å². The Kier molecular flexibility index (Phi) is 4.75. The molecule has 1 amide bonds. The van der Waals surface area contributed by atoms with Gasteiger partial charge < -0.3 is 9.84 Å². The van der Waals surface area contributed by atoms with E-state index in [1.54, 1.807) is 31.4 Å². The molecule has 1 aromatic heterocycles.